The zero-order chi connectivity index (χ0) is 15.4. The fourth-order valence-electron chi connectivity index (χ4n) is 2.64. The van der Waals surface area contributed by atoms with Crippen molar-refractivity contribution in [2.75, 3.05) is 19.8 Å². The van der Waals surface area contributed by atoms with Crippen molar-refractivity contribution in [1.82, 2.24) is 10.2 Å². The molecule has 0 saturated carbocycles. The molecule has 5 nitrogen and oxygen atoms in total. The Labute approximate surface area is 122 Å². The first-order valence-electron chi connectivity index (χ1n) is 7.58. The first-order chi connectivity index (χ1) is 9.35. The van der Waals surface area contributed by atoms with Crippen LogP contribution in [0, 0.1) is 0 Å². The van der Waals surface area contributed by atoms with Crippen LogP contribution in [0.4, 0.5) is 0 Å². The van der Waals surface area contributed by atoms with Gasteiger partial charge in [-0.25, -0.2) is 0 Å². The molecule has 1 N–H and O–H groups in total. The molecule has 1 heterocycles. The molecule has 0 unspecified atom stereocenters. The van der Waals surface area contributed by atoms with Crippen molar-refractivity contribution in [2.24, 2.45) is 0 Å². The van der Waals surface area contributed by atoms with Gasteiger partial charge in [0.2, 0.25) is 11.8 Å². The van der Waals surface area contributed by atoms with Gasteiger partial charge in [0, 0.05) is 19.8 Å². The van der Waals surface area contributed by atoms with Gasteiger partial charge in [-0.2, -0.15) is 0 Å². The molecule has 0 bridgehead atoms. The second kappa shape index (κ2) is 6.57. The van der Waals surface area contributed by atoms with E-state index in [9.17, 15) is 9.59 Å². The molecule has 0 atom stereocenters. The highest BCUT2D eigenvalue weighted by Gasteiger charge is 2.52. The fraction of sp³-hybridized carbons (Fsp3) is 0.867. The topological polar surface area (TPSA) is 58.6 Å². The summed E-state index contributed by atoms with van der Waals surface area (Å²) in [5, 5.41) is 2.94. The van der Waals surface area contributed by atoms with Crippen molar-refractivity contribution in [2.45, 2.75) is 65.0 Å². The van der Waals surface area contributed by atoms with Crippen molar-refractivity contribution < 1.29 is 14.3 Å². The molecule has 0 aliphatic carbocycles. The van der Waals surface area contributed by atoms with Gasteiger partial charge in [0.15, 0.2) is 0 Å². The zero-order valence-corrected chi connectivity index (χ0v) is 13.4. The lowest BCUT2D eigenvalue weighted by Gasteiger charge is -2.49. The lowest BCUT2D eigenvalue weighted by atomic mass is 9.83. The molecule has 20 heavy (non-hydrogen) atoms. The highest BCUT2D eigenvalue weighted by atomic mass is 16.5. The van der Waals surface area contributed by atoms with Crippen LogP contribution in [0.1, 0.15) is 53.9 Å². The van der Waals surface area contributed by atoms with Gasteiger partial charge in [0.1, 0.15) is 11.1 Å². The number of nitrogens with zero attached hydrogens (tertiary/aromatic N) is 1. The molecule has 1 saturated heterocycles. The molecule has 116 valence electrons. The summed E-state index contributed by atoms with van der Waals surface area (Å²) in [6.45, 7) is 11.3. The molecule has 1 aliphatic heterocycles. The lowest BCUT2D eigenvalue weighted by Crippen LogP contribution is -2.73. The van der Waals surface area contributed by atoms with Crippen LogP contribution in [-0.4, -0.2) is 47.6 Å². The normalized spacial score (nSPS) is 20.9. The van der Waals surface area contributed by atoms with E-state index in [1.165, 1.54) is 0 Å². The minimum absolute atomic E-state index is 0.0311. The number of hydrogen-bond donors (Lipinski definition) is 1. The molecule has 2 amide bonds. The number of piperazine rings is 1. The second-order valence-corrected chi connectivity index (χ2v) is 5.81. The van der Waals surface area contributed by atoms with E-state index in [-0.39, 0.29) is 11.8 Å². The SMILES string of the molecule is CCOCCCN1C(=O)C(CC)(CC)NC(=O)C1(C)C. The number of rotatable bonds is 7. The molecular weight excluding hydrogens is 256 g/mol. The average Bonchev–Trinajstić information content (AvgIpc) is 2.42. The first-order valence-corrected chi connectivity index (χ1v) is 7.58. The van der Waals surface area contributed by atoms with Crippen molar-refractivity contribution in [1.29, 1.82) is 0 Å². The standard InChI is InChI=1S/C15H28N2O3/c1-6-15(7-2)13(19)17(10-9-11-20-8-3)14(4,5)12(18)16-15/h6-11H2,1-5H3,(H,16,18). The Hall–Kier alpha value is -1.10. The average molecular weight is 284 g/mol. The largest absolute Gasteiger partial charge is 0.382 e. The van der Waals surface area contributed by atoms with Gasteiger partial charge >= 0.3 is 0 Å². The summed E-state index contributed by atoms with van der Waals surface area (Å²) < 4.78 is 5.32. The van der Waals surface area contributed by atoms with Gasteiger partial charge in [-0.1, -0.05) is 13.8 Å². The van der Waals surface area contributed by atoms with Crippen molar-refractivity contribution >= 4 is 11.8 Å². The maximum absolute atomic E-state index is 12.8. The molecule has 1 rings (SSSR count). The number of amides is 2. The molecule has 0 aromatic carbocycles. The van der Waals surface area contributed by atoms with Gasteiger partial charge in [-0.3, -0.25) is 9.59 Å². The number of hydrogen-bond acceptors (Lipinski definition) is 3. The summed E-state index contributed by atoms with van der Waals surface area (Å²) in [5.41, 5.74) is -1.53. The predicted octanol–water partition coefficient (Wildman–Crippen LogP) is 1.71. The Kier molecular flexibility index (Phi) is 5.57. The number of carbonyl (C=O) groups is 2. The van der Waals surface area contributed by atoms with E-state index in [1.807, 2.05) is 20.8 Å². The van der Waals surface area contributed by atoms with Gasteiger partial charge in [0.05, 0.1) is 0 Å². The Morgan fingerprint density at radius 2 is 1.75 bits per heavy atom. The van der Waals surface area contributed by atoms with E-state index in [4.69, 9.17) is 4.74 Å². The van der Waals surface area contributed by atoms with Gasteiger partial charge in [0.25, 0.3) is 0 Å². The molecule has 5 heteroatoms. The third-order valence-corrected chi connectivity index (χ3v) is 4.32. The number of carbonyl (C=O) groups excluding carboxylic acids is 2. The van der Waals surface area contributed by atoms with Crippen LogP contribution in [0.25, 0.3) is 0 Å². The van der Waals surface area contributed by atoms with Crippen LogP contribution >= 0.6 is 0 Å². The smallest absolute Gasteiger partial charge is 0.249 e. The third kappa shape index (κ3) is 2.97. The van der Waals surface area contributed by atoms with E-state index in [0.717, 1.165) is 6.42 Å². The van der Waals surface area contributed by atoms with Crippen LogP contribution < -0.4 is 5.32 Å². The number of ether oxygens (including phenoxy) is 1. The predicted molar refractivity (Wildman–Crippen MR) is 78.4 cm³/mol. The minimum atomic E-state index is -0.795. The van der Waals surface area contributed by atoms with Crippen molar-refractivity contribution in [3.8, 4) is 0 Å². The highest BCUT2D eigenvalue weighted by molar-refractivity contribution is 6.01. The van der Waals surface area contributed by atoms with Gasteiger partial charge < -0.3 is 15.0 Å². The molecule has 1 aliphatic rings. The first kappa shape index (κ1) is 17.0. The maximum Gasteiger partial charge on any atom is 0.249 e. The Morgan fingerprint density at radius 3 is 2.25 bits per heavy atom. The van der Waals surface area contributed by atoms with E-state index in [2.05, 4.69) is 5.32 Å². The third-order valence-electron chi connectivity index (χ3n) is 4.32. The second-order valence-electron chi connectivity index (χ2n) is 5.81. The molecule has 0 aromatic heterocycles. The van der Waals surface area contributed by atoms with Crippen molar-refractivity contribution in [3.63, 3.8) is 0 Å². The van der Waals surface area contributed by atoms with E-state index in [1.54, 1.807) is 18.7 Å². The molecule has 1 fully saturated rings. The zero-order valence-electron chi connectivity index (χ0n) is 13.4. The van der Waals surface area contributed by atoms with Crippen LogP contribution in [0.2, 0.25) is 0 Å². The molecule has 0 aromatic rings. The summed E-state index contributed by atoms with van der Waals surface area (Å²) in [4.78, 5) is 26.9. The van der Waals surface area contributed by atoms with Gasteiger partial charge in [-0.05, 0) is 40.0 Å². The van der Waals surface area contributed by atoms with Crippen LogP contribution in [0.15, 0.2) is 0 Å². The molecule has 0 spiro atoms. The quantitative estimate of drug-likeness (QED) is 0.724. The lowest BCUT2D eigenvalue weighted by molar-refractivity contribution is -0.161. The van der Waals surface area contributed by atoms with Crippen LogP contribution in [-0.2, 0) is 14.3 Å². The van der Waals surface area contributed by atoms with Crippen molar-refractivity contribution in [3.05, 3.63) is 0 Å². The summed E-state index contributed by atoms with van der Waals surface area (Å²) in [6.07, 6.45) is 1.98. The van der Waals surface area contributed by atoms with E-state index in [0.29, 0.717) is 32.6 Å². The maximum atomic E-state index is 12.8. The number of nitrogens with one attached hydrogen (secondary N) is 1. The Morgan fingerprint density at radius 1 is 1.15 bits per heavy atom. The molecular formula is C15H28N2O3. The van der Waals surface area contributed by atoms with Gasteiger partial charge in [-0.15, -0.1) is 0 Å². The Balaban J connectivity index is 2.90. The molecule has 0 radical (unpaired) electrons. The van der Waals surface area contributed by atoms with E-state index >= 15 is 0 Å². The van der Waals surface area contributed by atoms with Crippen LogP contribution in [0.3, 0.4) is 0 Å². The monoisotopic (exact) mass is 284 g/mol. The minimum Gasteiger partial charge on any atom is -0.382 e. The fourth-order valence-corrected chi connectivity index (χ4v) is 2.64. The summed E-state index contributed by atoms with van der Waals surface area (Å²) in [7, 11) is 0. The summed E-state index contributed by atoms with van der Waals surface area (Å²) >= 11 is 0. The van der Waals surface area contributed by atoms with Crippen LogP contribution in [0.5, 0.6) is 0 Å². The van der Waals surface area contributed by atoms with E-state index < -0.39 is 11.1 Å². The summed E-state index contributed by atoms with van der Waals surface area (Å²) in [5.74, 6) is -0.0409. The summed E-state index contributed by atoms with van der Waals surface area (Å²) in [6, 6.07) is 0. The highest BCUT2D eigenvalue weighted by Crippen LogP contribution is 2.30. The Bertz CT molecular complexity index is 362.